The van der Waals surface area contributed by atoms with Gasteiger partial charge in [-0.2, -0.15) is 0 Å². The number of methoxy groups -OCH3 is 1. The Balaban J connectivity index is 1.61. The summed E-state index contributed by atoms with van der Waals surface area (Å²) in [7, 11) is 1.60. The summed E-state index contributed by atoms with van der Waals surface area (Å²) in [6.07, 6.45) is 0.759. The van der Waals surface area contributed by atoms with Gasteiger partial charge in [-0.1, -0.05) is 0 Å². The number of nitrogens with one attached hydrogen (secondary N) is 1. The molecule has 1 aromatic carbocycles. The third-order valence-electron chi connectivity index (χ3n) is 4.63. The molecule has 2 heterocycles. The fraction of sp³-hybridized carbons (Fsp3) is 0.529. The van der Waals surface area contributed by atoms with Crippen molar-refractivity contribution in [2.45, 2.75) is 25.0 Å². The Labute approximate surface area is 141 Å². The smallest absolute Gasteiger partial charge is 0.229 e. The van der Waals surface area contributed by atoms with Gasteiger partial charge in [0.25, 0.3) is 0 Å². The molecular weight excluding hydrogens is 310 g/mol. The third kappa shape index (κ3) is 3.37. The zero-order chi connectivity index (χ0) is 17.1. The van der Waals surface area contributed by atoms with Crippen LogP contribution in [-0.2, 0) is 14.3 Å². The van der Waals surface area contributed by atoms with Crippen LogP contribution in [0.1, 0.15) is 12.8 Å². The summed E-state index contributed by atoms with van der Waals surface area (Å²) in [5.41, 5.74) is 6.44. The zero-order valence-corrected chi connectivity index (χ0v) is 13.7. The molecule has 2 amide bonds. The van der Waals surface area contributed by atoms with Crippen molar-refractivity contribution < 1.29 is 19.1 Å². The fourth-order valence-electron chi connectivity index (χ4n) is 3.30. The second-order valence-corrected chi connectivity index (χ2v) is 6.15. The molecule has 0 saturated carbocycles. The Bertz CT molecular complexity index is 604. The monoisotopic (exact) mass is 333 g/mol. The lowest BCUT2D eigenvalue weighted by atomic mass is 10.00. The average Bonchev–Trinajstić information content (AvgIpc) is 3.21. The quantitative estimate of drug-likeness (QED) is 0.807. The SMILES string of the molecule is COc1ccc(N2CC(NC(=O)C3CCOC3CN)CC2=O)cc1. The van der Waals surface area contributed by atoms with Crippen LogP contribution >= 0.6 is 0 Å². The van der Waals surface area contributed by atoms with Crippen LogP contribution in [0.4, 0.5) is 5.69 Å². The molecule has 2 saturated heterocycles. The van der Waals surface area contributed by atoms with Gasteiger partial charge in [-0.15, -0.1) is 0 Å². The molecule has 1 aromatic rings. The van der Waals surface area contributed by atoms with Crippen LogP contribution in [0.3, 0.4) is 0 Å². The van der Waals surface area contributed by atoms with Gasteiger partial charge in [-0.25, -0.2) is 0 Å². The highest BCUT2D eigenvalue weighted by atomic mass is 16.5. The summed E-state index contributed by atoms with van der Waals surface area (Å²) in [6.45, 7) is 1.36. The molecule has 0 bridgehead atoms. The van der Waals surface area contributed by atoms with Gasteiger partial charge in [0.2, 0.25) is 11.8 Å². The molecule has 0 aliphatic carbocycles. The minimum absolute atomic E-state index is 0.00325. The van der Waals surface area contributed by atoms with Gasteiger partial charge in [-0.3, -0.25) is 9.59 Å². The van der Waals surface area contributed by atoms with E-state index in [-0.39, 0.29) is 29.9 Å². The molecule has 130 valence electrons. The number of hydrogen-bond donors (Lipinski definition) is 2. The maximum absolute atomic E-state index is 12.4. The Morgan fingerprint density at radius 1 is 1.42 bits per heavy atom. The van der Waals surface area contributed by atoms with Crippen LogP contribution in [0.25, 0.3) is 0 Å². The fourth-order valence-corrected chi connectivity index (χ4v) is 3.30. The first-order valence-corrected chi connectivity index (χ1v) is 8.19. The number of benzene rings is 1. The first kappa shape index (κ1) is 16.7. The van der Waals surface area contributed by atoms with Crippen LogP contribution in [0.2, 0.25) is 0 Å². The van der Waals surface area contributed by atoms with Crippen molar-refractivity contribution in [1.29, 1.82) is 0 Å². The van der Waals surface area contributed by atoms with Crippen LogP contribution < -0.4 is 20.7 Å². The van der Waals surface area contributed by atoms with Crippen molar-refractivity contribution >= 4 is 17.5 Å². The molecule has 3 unspecified atom stereocenters. The molecule has 2 aliphatic rings. The Morgan fingerprint density at radius 2 is 2.17 bits per heavy atom. The van der Waals surface area contributed by atoms with Gasteiger partial charge >= 0.3 is 0 Å². The minimum Gasteiger partial charge on any atom is -0.497 e. The summed E-state index contributed by atoms with van der Waals surface area (Å²) in [5.74, 6) is 0.449. The lowest BCUT2D eigenvalue weighted by Gasteiger charge is -2.20. The number of ether oxygens (including phenoxy) is 2. The lowest BCUT2D eigenvalue weighted by Crippen LogP contribution is -2.44. The van der Waals surface area contributed by atoms with E-state index in [0.717, 1.165) is 11.4 Å². The van der Waals surface area contributed by atoms with E-state index in [0.29, 0.717) is 32.5 Å². The van der Waals surface area contributed by atoms with E-state index in [4.69, 9.17) is 15.2 Å². The third-order valence-corrected chi connectivity index (χ3v) is 4.63. The predicted octanol–water partition coefficient (Wildman–Crippen LogP) is 0.281. The van der Waals surface area contributed by atoms with E-state index < -0.39 is 0 Å². The first-order chi connectivity index (χ1) is 11.6. The van der Waals surface area contributed by atoms with Crippen molar-refractivity contribution in [3.8, 4) is 5.75 Å². The summed E-state index contributed by atoms with van der Waals surface area (Å²) >= 11 is 0. The standard InChI is InChI=1S/C17H23N3O4/c1-23-13-4-2-12(3-5-13)20-10-11(8-16(20)21)19-17(22)14-6-7-24-15(14)9-18/h2-5,11,14-15H,6-10,18H2,1H3,(H,19,22). The van der Waals surface area contributed by atoms with E-state index in [1.54, 1.807) is 12.0 Å². The van der Waals surface area contributed by atoms with E-state index in [9.17, 15) is 9.59 Å². The molecule has 0 radical (unpaired) electrons. The van der Waals surface area contributed by atoms with Crippen molar-refractivity contribution in [2.75, 3.05) is 31.7 Å². The van der Waals surface area contributed by atoms with Crippen LogP contribution in [-0.4, -0.2) is 50.8 Å². The van der Waals surface area contributed by atoms with Crippen LogP contribution in [0, 0.1) is 5.92 Å². The zero-order valence-electron chi connectivity index (χ0n) is 13.7. The summed E-state index contributed by atoms with van der Waals surface area (Å²) in [6, 6.07) is 7.13. The number of nitrogens with zero attached hydrogens (tertiary/aromatic N) is 1. The normalized spacial score (nSPS) is 26.7. The molecule has 0 aromatic heterocycles. The molecule has 7 heteroatoms. The Kier molecular flexibility index (Phi) is 5.01. The molecular formula is C17H23N3O4. The summed E-state index contributed by atoms with van der Waals surface area (Å²) in [4.78, 5) is 26.4. The van der Waals surface area contributed by atoms with Gasteiger partial charge in [-0.05, 0) is 30.7 Å². The number of anilines is 1. The number of rotatable bonds is 5. The number of carbonyl (C=O) groups excluding carboxylic acids is 2. The van der Waals surface area contributed by atoms with E-state index in [2.05, 4.69) is 5.32 Å². The van der Waals surface area contributed by atoms with Gasteiger partial charge in [0.15, 0.2) is 0 Å². The number of hydrogen-bond acceptors (Lipinski definition) is 5. The highest BCUT2D eigenvalue weighted by Gasteiger charge is 2.37. The topological polar surface area (TPSA) is 93.9 Å². The minimum atomic E-state index is -0.222. The molecule has 3 N–H and O–H groups in total. The summed E-state index contributed by atoms with van der Waals surface area (Å²) < 4.78 is 10.6. The first-order valence-electron chi connectivity index (χ1n) is 8.19. The van der Waals surface area contributed by atoms with Crippen molar-refractivity contribution in [1.82, 2.24) is 5.32 Å². The molecule has 3 atom stereocenters. The van der Waals surface area contributed by atoms with Gasteiger partial charge < -0.3 is 25.4 Å². The molecule has 7 nitrogen and oxygen atoms in total. The Hall–Kier alpha value is -2.12. The van der Waals surface area contributed by atoms with Crippen LogP contribution in [0.15, 0.2) is 24.3 Å². The highest BCUT2D eigenvalue weighted by molar-refractivity contribution is 5.97. The van der Waals surface area contributed by atoms with Gasteiger partial charge in [0.05, 0.1) is 25.2 Å². The molecule has 2 fully saturated rings. The van der Waals surface area contributed by atoms with Crippen molar-refractivity contribution in [2.24, 2.45) is 11.7 Å². The molecule has 2 aliphatic heterocycles. The average molecular weight is 333 g/mol. The summed E-state index contributed by atoms with van der Waals surface area (Å²) in [5, 5.41) is 2.98. The second kappa shape index (κ2) is 7.19. The van der Waals surface area contributed by atoms with Crippen LogP contribution in [0.5, 0.6) is 5.75 Å². The second-order valence-electron chi connectivity index (χ2n) is 6.15. The maximum Gasteiger partial charge on any atom is 0.229 e. The van der Waals surface area contributed by atoms with E-state index in [1.165, 1.54) is 0 Å². The number of amides is 2. The molecule has 3 rings (SSSR count). The lowest BCUT2D eigenvalue weighted by molar-refractivity contribution is -0.127. The predicted molar refractivity (Wildman–Crippen MR) is 88.8 cm³/mol. The molecule has 0 spiro atoms. The molecule has 24 heavy (non-hydrogen) atoms. The van der Waals surface area contributed by atoms with Gasteiger partial charge in [0.1, 0.15) is 5.75 Å². The van der Waals surface area contributed by atoms with Crippen molar-refractivity contribution in [3.05, 3.63) is 24.3 Å². The van der Waals surface area contributed by atoms with E-state index >= 15 is 0 Å². The number of carbonyl (C=O) groups is 2. The van der Waals surface area contributed by atoms with Gasteiger partial charge in [0, 0.05) is 31.8 Å². The largest absolute Gasteiger partial charge is 0.497 e. The highest BCUT2D eigenvalue weighted by Crippen LogP contribution is 2.25. The van der Waals surface area contributed by atoms with E-state index in [1.807, 2.05) is 24.3 Å². The maximum atomic E-state index is 12.4. The van der Waals surface area contributed by atoms with Crippen molar-refractivity contribution in [3.63, 3.8) is 0 Å². The Morgan fingerprint density at radius 3 is 2.83 bits per heavy atom. The number of nitrogens with two attached hydrogens (primary N) is 1.